The van der Waals surface area contributed by atoms with Crippen molar-refractivity contribution in [1.82, 2.24) is 4.72 Å². The molecule has 0 heterocycles. The summed E-state index contributed by atoms with van der Waals surface area (Å²) in [4.78, 5) is 0.109. The Morgan fingerprint density at radius 2 is 1.75 bits per heavy atom. The van der Waals surface area contributed by atoms with E-state index in [9.17, 15) is 8.42 Å². The zero-order chi connectivity index (χ0) is 17.6. The molecule has 1 unspecified atom stereocenters. The number of hydrogen-bond donors (Lipinski definition) is 1. The summed E-state index contributed by atoms with van der Waals surface area (Å²) in [5.41, 5.74) is 1.19. The Kier molecular flexibility index (Phi) is 6.23. The van der Waals surface area contributed by atoms with Crippen LogP contribution >= 0.6 is 0 Å². The molecule has 5 nitrogen and oxygen atoms in total. The van der Waals surface area contributed by atoms with Gasteiger partial charge in [-0.3, -0.25) is 0 Å². The van der Waals surface area contributed by atoms with E-state index in [1.807, 2.05) is 37.3 Å². The van der Waals surface area contributed by atoms with E-state index in [0.717, 1.165) is 6.42 Å². The monoisotopic (exact) mass is 349 g/mol. The molecule has 2 aromatic carbocycles. The fourth-order valence-corrected chi connectivity index (χ4v) is 3.84. The van der Waals surface area contributed by atoms with Gasteiger partial charge in [-0.05, 0) is 37.5 Å². The lowest BCUT2D eigenvalue weighted by Gasteiger charge is -2.16. The second kappa shape index (κ2) is 8.17. The van der Waals surface area contributed by atoms with Gasteiger partial charge < -0.3 is 9.47 Å². The summed E-state index contributed by atoms with van der Waals surface area (Å²) in [6.07, 6.45) is 1.52. The Bertz CT molecular complexity index is 760. The summed E-state index contributed by atoms with van der Waals surface area (Å²) in [5, 5.41) is 0. The number of rotatable bonds is 8. The average molecular weight is 349 g/mol. The van der Waals surface area contributed by atoms with Crippen LogP contribution in [-0.2, 0) is 16.4 Å². The van der Waals surface area contributed by atoms with Crippen LogP contribution in [0.5, 0.6) is 11.5 Å². The third-order valence-electron chi connectivity index (χ3n) is 3.73. The molecule has 0 aliphatic rings. The van der Waals surface area contributed by atoms with Gasteiger partial charge in [0.05, 0.1) is 14.2 Å². The van der Waals surface area contributed by atoms with Gasteiger partial charge in [0.25, 0.3) is 0 Å². The summed E-state index contributed by atoms with van der Waals surface area (Å²) >= 11 is 0. The first-order chi connectivity index (χ1) is 11.5. The molecular formula is C18H23NO4S. The van der Waals surface area contributed by atoms with Crippen molar-refractivity contribution in [3.63, 3.8) is 0 Å². The molecule has 6 heteroatoms. The highest BCUT2D eigenvalue weighted by Gasteiger charge is 2.22. The van der Waals surface area contributed by atoms with Gasteiger partial charge in [0, 0.05) is 12.1 Å². The standard InChI is InChI=1S/C18H23NO4S/c1-14(9-10-15-7-5-4-6-8-15)19-24(20,21)18-12-11-16(22-2)13-17(18)23-3/h4-8,11-14,19H,9-10H2,1-3H3. The van der Waals surface area contributed by atoms with Crippen molar-refractivity contribution in [2.75, 3.05) is 14.2 Å². The lowest BCUT2D eigenvalue weighted by atomic mass is 10.1. The lowest BCUT2D eigenvalue weighted by molar-refractivity contribution is 0.385. The van der Waals surface area contributed by atoms with Gasteiger partial charge >= 0.3 is 0 Å². The molecule has 0 aromatic heterocycles. The van der Waals surface area contributed by atoms with Crippen molar-refractivity contribution in [2.24, 2.45) is 0 Å². The Hall–Kier alpha value is -2.05. The minimum atomic E-state index is -3.66. The number of aryl methyl sites for hydroxylation is 1. The van der Waals surface area contributed by atoms with Crippen molar-refractivity contribution in [3.8, 4) is 11.5 Å². The highest BCUT2D eigenvalue weighted by molar-refractivity contribution is 7.89. The molecule has 0 fully saturated rings. The van der Waals surface area contributed by atoms with E-state index in [4.69, 9.17) is 9.47 Å². The molecule has 0 saturated heterocycles. The first-order valence-corrected chi connectivity index (χ1v) is 9.23. The maximum Gasteiger partial charge on any atom is 0.244 e. The van der Waals surface area contributed by atoms with Crippen molar-refractivity contribution >= 4 is 10.0 Å². The molecule has 2 aromatic rings. The number of ether oxygens (including phenoxy) is 2. The molecule has 130 valence electrons. The van der Waals surface area contributed by atoms with Gasteiger partial charge in [-0.2, -0.15) is 0 Å². The summed E-state index contributed by atoms with van der Waals surface area (Å²) in [5.74, 6) is 0.806. The van der Waals surface area contributed by atoms with Gasteiger partial charge in [-0.25, -0.2) is 13.1 Å². The average Bonchev–Trinajstić information content (AvgIpc) is 2.59. The minimum Gasteiger partial charge on any atom is -0.497 e. The second-order valence-corrected chi connectivity index (χ2v) is 7.25. The van der Waals surface area contributed by atoms with Crippen LogP contribution in [0.3, 0.4) is 0 Å². The molecule has 0 bridgehead atoms. The maximum atomic E-state index is 12.6. The summed E-state index contributed by atoms with van der Waals surface area (Å²) < 4.78 is 38.2. The summed E-state index contributed by atoms with van der Waals surface area (Å²) in [6.45, 7) is 1.86. The number of hydrogen-bond acceptors (Lipinski definition) is 4. The van der Waals surface area contributed by atoms with Gasteiger partial charge in [-0.1, -0.05) is 30.3 Å². The Morgan fingerprint density at radius 1 is 1.04 bits per heavy atom. The number of benzene rings is 2. The van der Waals surface area contributed by atoms with Crippen LogP contribution in [0.15, 0.2) is 53.4 Å². The van der Waals surface area contributed by atoms with Crippen LogP contribution in [0.1, 0.15) is 18.9 Å². The molecule has 24 heavy (non-hydrogen) atoms. The van der Waals surface area contributed by atoms with Crippen molar-refractivity contribution < 1.29 is 17.9 Å². The van der Waals surface area contributed by atoms with Crippen LogP contribution < -0.4 is 14.2 Å². The van der Waals surface area contributed by atoms with Gasteiger partial charge in [0.2, 0.25) is 10.0 Å². The molecule has 0 aliphatic carbocycles. The number of nitrogens with one attached hydrogen (secondary N) is 1. The zero-order valence-electron chi connectivity index (χ0n) is 14.2. The maximum absolute atomic E-state index is 12.6. The molecule has 0 saturated carbocycles. The van der Waals surface area contributed by atoms with Crippen LogP contribution in [0.4, 0.5) is 0 Å². The smallest absolute Gasteiger partial charge is 0.244 e. The molecule has 1 atom stereocenters. The van der Waals surface area contributed by atoms with E-state index in [-0.39, 0.29) is 16.7 Å². The first kappa shape index (κ1) is 18.3. The van der Waals surface area contributed by atoms with Crippen LogP contribution in [0.25, 0.3) is 0 Å². The SMILES string of the molecule is COc1ccc(S(=O)(=O)NC(C)CCc2ccccc2)c(OC)c1. The van der Waals surface area contributed by atoms with Gasteiger partial charge in [0.1, 0.15) is 16.4 Å². The van der Waals surface area contributed by atoms with E-state index in [0.29, 0.717) is 12.2 Å². The van der Waals surface area contributed by atoms with E-state index < -0.39 is 10.0 Å². The molecule has 2 rings (SSSR count). The molecule has 1 N–H and O–H groups in total. The second-order valence-electron chi connectivity index (χ2n) is 5.56. The Balaban J connectivity index is 2.07. The predicted molar refractivity (Wildman–Crippen MR) is 94.1 cm³/mol. The van der Waals surface area contributed by atoms with Gasteiger partial charge in [-0.15, -0.1) is 0 Å². The summed E-state index contributed by atoms with van der Waals surface area (Å²) in [6, 6.07) is 14.5. The number of methoxy groups -OCH3 is 2. The normalized spacial score (nSPS) is 12.6. The highest BCUT2D eigenvalue weighted by atomic mass is 32.2. The molecule has 0 amide bonds. The third kappa shape index (κ3) is 4.72. The van der Waals surface area contributed by atoms with Gasteiger partial charge in [0.15, 0.2) is 0 Å². The van der Waals surface area contributed by atoms with Crippen molar-refractivity contribution in [1.29, 1.82) is 0 Å². The van der Waals surface area contributed by atoms with E-state index in [2.05, 4.69) is 4.72 Å². The van der Waals surface area contributed by atoms with E-state index in [1.165, 1.54) is 25.8 Å². The van der Waals surface area contributed by atoms with E-state index >= 15 is 0 Å². The first-order valence-electron chi connectivity index (χ1n) is 7.74. The molecule has 0 radical (unpaired) electrons. The predicted octanol–water partition coefficient (Wildman–Crippen LogP) is 3.00. The highest BCUT2D eigenvalue weighted by Crippen LogP contribution is 2.28. The lowest BCUT2D eigenvalue weighted by Crippen LogP contribution is -2.33. The third-order valence-corrected chi connectivity index (χ3v) is 5.35. The fraction of sp³-hybridized carbons (Fsp3) is 0.333. The molecule has 0 spiro atoms. The number of sulfonamides is 1. The van der Waals surface area contributed by atoms with E-state index in [1.54, 1.807) is 12.1 Å². The molecule has 0 aliphatic heterocycles. The van der Waals surface area contributed by atoms with Crippen LogP contribution in [0.2, 0.25) is 0 Å². The molecular weight excluding hydrogens is 326 g/mol. The summed E-state index contributed by atoms with van der Waals surface area (Å²) in [7, 11) is -0.704. The fourth-order valence-electron chi connectivity index (χ4n) is 2.41. The minimum absolute atomic E-state index is 0.109. The van der Waals surface area contributed by atoms with Crippen LogP contribution in [-0.4, -0.2) is 28.7 Å². The van der Waals surface area contributed by atoms with Crippen LogP contribution in [0, 0.1) is 0 Å². The topological polar surface area (TPSA) is 64.6 Å². The Labute approximate surface area is 143 Å². The van der Waals surface area contributed by atoms with Crippen molar-refractivity contribution in [2.45, 2.75) is 30.7 Å². The quantitative estimate of drug-likeness (QED) is 0.796. The Morgan fingerprint density at radius 3 is 2.38 bits per heavy atom. The largest absolute Gasteiger partial charge is 0.497 e. The zero-order valence-corrected chi connectivity index (χ0v) is 15.0. The van der Waals surface area contributed by atoms with Crippen molar-refractivity contribution in [3.05, 3.63) is 54.1 Å².